The zero-order chi connectivity index (χ0) is 14.8. The molecule has 0 saturated heterocycles. The van der Waals surface area contributed by atoms with Crippen LogP contribution in [-0.4, -0.2) is 35.2 Å². The highest BCUT2D eigenvalue weighted by Crippen LogP contribution is 2.20. The number of anilines is 1. The molecule has 1 aromatic carbocycles. The molecule has 0 aliphatic rings. The maximum absolute atomic E-state index is 12.1. The fourth-order valence-electron chi connectivity index (χ4n) is 1.89. The van der Waals surface area contributed by atoms with E-state index in [1.165, 1.54) is 0 Å². The first kappa shape index (κ1) is 16.9. The van der Waals surface area contributed by atoms with Gasteiger partial charge in [0.2, 0.25) is 10.0 Å². The van der Waals surface area contributed by atoms with E-state index in [9.17, 15) is 8.42 Å². The van der Waals surface area contributed by atoms with Gasteiger partial charge in [0.05, 0.1) is 5.69 Å². The van der Waals surface area contributed by atoms with E-state index in [1.54, 1.807) is 32.2 Å². The van der Waals surface area contributed by atoms with Gasteiger partial charge >= 0.3 is 0 Å². The van der Waals surface area contributed by atoms with Gasteiger partial charge < -0.3 is 10.1 Å². The average Bonchev–Trinajstić information content (AvgIpc) is 2.43. The SMILES string of the molecule is CCNS(=O)(=O)c1ccccc1NCCCCCOC. The third-order valence-corrected chi connectivity index (χ3v) is 4.46. The van der Waals surface area contributed by atoms with E-state index >= 15 is 0 Å². The molecular formula is C14H24N2O3S. The molecule has 0 heterocycles. The number of methoxy groups -OCH3 is 1. The lowest BCUT2D eigenvalue weighted by Crippen LogP contribution is -2.24. The average molecular weight is 300 g/mol. The minimum absolute atomic E-state index is 0.304. The van der Waals surface area contributed by atoms with Crippen LogP contribution in [0.2, 0.25) is 0 Å². The van der Waals surface area contributed by atoms with E-state index in [4.69, 9.17) is 4.74 Å². The van der Waals surface area contributed by atoms with Crippen LogP contribution in [0.15, 0.2) is 29.2 Å². The van der Waals surface area contributed by atoms with Gasteiger partial charge in [0.1, 0.15) is 4.90 Å². The van der Waals surface area contributed by atoms with Crippen LogP contribution in [0, 0.1) is 0 Å². The highest BCUT2D eigenvalue weighted by molar-refractivity contribution is 7.89. The Bertz CT molecular complexity index is 489. The Labute approximate surface area is 121 Å². The lowest BCUT2D eigenvalue weighted by Gasteiger charge is -2.12. The molecule has 6 heteroatoms. The molecule has 0 bridgehead atoms. The van der Waals surface area contributed by atoms with E-state index in [0.29, 0.717) is 17.1 Å². The maximum atomic E-state index is 12.1. The normalized spacial score (nSPS) is 11.5. The molecule has 0 atom stereocenters. The summed E-state index contributed by atoms with van der Waals surface area (Å²) in [5.74, 6) is 0. The van der Waals surface area contributed by atoms with Crippen LogP contribution in [-0.2, 0) is 14.8 Å². The number of nitrogens with one attached hydrogen (secondary N) is 2. The van der Waals surface area contributed by atoms with Crippen LogP contribution in [0.3, 0.4) is 0 Å². The van der Waals surface area contributed by atoms with E-state index in [1.807, 2.05) is 6.07 Å². The molecule has 0 aromatic heterocycles. The molecule has 0 radical (unpaired) electrons. The Hall–Kier alpha value is -1.11. The highest BCUT2D eigenvalue weighted by Gasteiger charge is 2.16. The molecule has 2 N–H and O–H groups in total. The van der Waals surface area contributed by atoms with Gasteiger partial charge in [0.15, 0.2) is 0 Å². The van der Waals surface area contributed by atoms with Crippen molar-refractivity contribution in [2.24, 2.45) is 0 Å². The van der Waals surface area contributed by atoms with Crippen LogP contribution in [0.25, 0.3) is 0 Å². The molecule has 1 rings (SSSR count). The van der Waals surface area contributed by atoms with Crippen molar-refractivity contribution in [3.63, 3.8) is 0 Å². The molecule has 0 spiro atoms. The number of unbranched alkanes of at least 4 members (excludes halogenated alkanes) is 2. The number of benzene rings is 1. The number of rotatable bonds is 10. The van der Waals surface area contributed by atoms with Crippen LogP contribution < -0.4 is 10.0 Å². The third kappa shape index (κ3) is 5.48. The smallest absolute Gasteiger partial charge is 0.242 e. The summed E-state index contributed by atoms with van der Waals surface area (Å²) in [7, 11) is -1.73. The minimum Gasteiger partial charge on any atom is -0.385 e. The van der Waals surface area contributed by atoms with Crippen molar-refractivity contribution < 1.29 is 13.2 Å². The Morgan fingerprint density at radius 1 is 1.15 bits per heavy atom. The quantitative estimate of drug-likeness (QED) is 0.650. The lowest BCUT2D eigenvalue weighted by atomic mass is 10.2. The second-order valence-corrected chi connectivity index (χ2v) is 6.21. The first-order valence-corrected chi connectivity index (χ1v) is 8.41. The number of sulfonamides is 1. The summed E-state index contributed by atoms with van der Waals surface area (Å²) in [4.78, 5) is 0.304. The van der Waals surface area contributed by atoms with Crippen molar-refractivity contribution in [2.75, 3.05) is 32.1 Å². The largest absolute Gasteiger partial charge is 0.385 e. The number of hydrogen-bond acceptors (Lipinski definition) is 4. The zero-order valence-electron chi connectivity index (χ0n) is 12.2. The van der Waals surface area contributed by atoms with E-state index in [-0.39, 0.29) is 0 Å². The fraction of sp³-hybridized carbons (Fsp3) is 0.571. The Morgan fingerprint density at radius 2 is 1.90 bits per heavy atom. The van der Waals surface area contributed by atoms with Crippen LogP contribution >= 0.6 is 0 Å². The standard InChI is InChI=1S/C14H24N2O3S/c1-3-16-20(17,18)14-10-6-5-9-13(14)15-11-7-4-8-12-19-2/h5-6,9-10,15-16H,3-4,7-8,11-12H2,1-2H3. The van der Waals surface area contributed by atoms with Gasteiger partial charge in [-0.15, -0.1) is 0 Å². The van der Waals surface area contributed by atoms with Crippen molar-refractivity contribution in [3.8, 4) is 0 Å². The maximum Gasteiger partial charge on any atom is 0.242 e. The first-order valence-electron chi connectivity index (χ1n) is 6.93. The molecule has 0 unspecified atom stereocenters. The minimum atomic E-state index is -3.42. The number of para-hydroxylation sites is 1. The lowest BCUT2D eigenvalue weighted by molar-refractivity contribution is 0.192. The Balaban J connectivity index is 2.58. The molecule has 114 valence electrons. The Morgan fingerprint density at radius 3 is 2.60 bits per heavy atom. The summed E-state index contributed by atoms with van der Waals surface area (Å²) in [5.41, 5.74) is 0.653. The predicted octanol–water partition coefficient (Wildman–Crippen LogP) is 2.21. The van der Waals surface area contributed by atoms with Gasteiger partial charge in [-0.3, -0.25) is 0 Å². The summed E-state index contributed by atoms with van der Waals surface area (Å²) in [6, 6.07) is 6.97. The van der Waals surface area contributed by atoms with Crippen molar-refractivity contribution in [2.45, 2.75) is 31.1 Å². The first-order chi connectivity index (χ1) is 9.61. The monoisotopic (exact) mass is 300 g/mol. The van der Waals surface area contributed by atoms with Crippen molar-refractivity contribution in [3.05, 3.63) is 24.3 Å². The zero-order valence-corrected chi connectivity index (χ0v) is 13.0. The second-order valence-electron chi connectivity index (χ2n) is 4.48. The van der Waals surface area contributed by atoms with Crippen LogP contribution in [0.4, 0.5) is 5.69 Å². The van der Waals surface area contributed by atoms with Crippen LogP contribution in [0.1, 0.15) is 26.2 Å². The molecule has 1 aromatic rings. The summed E-state index contributed by atoms with van der Waals surface area (Å²) in [5, 5.41) is 3.19. The van der Waals surface area contributed by atoms with Crippen molar-refractivity contribution in [1.29, 1.82) is 0 Å². The van der Waals surface area contributed by atoms with E-state index in [0.717, 1.165) is 32.4 Å². The second kappa shape index (κ2) is 8.94. The van der Waals surface area contributed by atoms with Gasteiger partial charge in [0, 0.05) is 26.8 Å². The molecule has 20 heavy (non-hydrogen) atoms. The molecular weight excluding hydrogens is 276 g/mol. The Kier molecular flexibility index (Phi) is 7.58. The van der Waals surface area contributed by atoms with Gasteiger partial charge in [0.25, 0.3) is 0 Å². The summed E-state index contributed by atoms with van der Waals surface area (Å²) < 4.78 is 31.6. The highest BCUT2D eigenvalue weighted by atomic mass is 32.2. The topological polar surface area (TPSA) is 67.4 Å². The fourth-order valence-corrected chi connectivity index (χ4v) is 3.11. The molecule has 0 aliphatic heterocycles. The predicted molar refractivity (Wildman–Crippen MR) is 81.5 cm³/mol. The van der Waals surface area contributed by atoms with Crippen molar-refractivity contribution >= 4 is 15.7 Å². The number of ether oxygens (including phenoxy) is 1. The molecule has 0 aliphatic carbocycles. The van der Waals surface area contributed by atoms with E-state index in [2.05, 4.69) is 10.0 Å². The molecule has 0 saturated carbocycles. The molecule has 0 fully saturated rings. The van der Waals surface area contributed by atoms with Gasteiger partial charge in [-0.05, 0) is 31.4 Å². The van der Waals surface area contributed by atoms with Crippen LogP contribution in [0.5, 0.6) is 0 Å². The number of hydrogen-bond donors (Lipinski definition) is 2. The summed E-state index contributed by atoms with van der Waals surface area (Å²) in [6.07, 6.45) is 3.07. The van der Waals surface area contributed by atoms with Gasteiger partial charge in [-0.2, -0.15) is 0 Å². The molecule has 0 amide bonds. The van der Waals surface area contributed by atoms with Gasteiger partial charge in [-0.1, -0.05) is 19.1 Å². The third-order valence-electron chi connectivity index (χ3n) is 2.85. The van der Waals surface area contributed by atoms with Crippen molar-refractivity contribution in [1.82, 2.24) is 4.72 Å². The molecule has 5 nitrogen and oxygen atoms in total. The van der Waals surface area contributed by atoms with E-state index < -0.39 is 10.0 Å². The van der Waals surface area contributed by atoms with Gasteiger partial charge in [-0.25, -0.2) is 13.1 Å². The summed E-state index contributed by atoms with van der Waals surface area (Å²) >= 11 is 0. The summed E-state index contributed by atoms with van der Waals surface area (Å²) in [6.45, 7) is 3.67.